The van der Waals surface area contributed by atoms with Gasteiger partial charge in [0.15, 0.2) is 5.96 Å². The zero-order valence-electron chi connectivity index (χ0n) is 18.3. The molecule has 5 nitrogen and oxygen atoms in total. The second-order valence-electron chi connectivity index (χ2n) is 8.77. The number of nitrogens with zero attached hydrogens (tertiary/aromatic N) is 2. The second-order valence-corrected chi connectivity index (χ2v) is 8.77. The molecular formula is C23H39IN4O. The highest BCUT2D eigenvalue weighted by molar-refractivity contribution is 14.0. The number of likely N-dealkylation sites (tertiary alicyclic amines) is 1. The van der Waals surface area contributed by atoms with Crippen LogP contribution in [0.3, 0.4) is 0 Å². The molecule has 2 aliphatic rings. The molecule has 2 atom stereocenters. The minimum atomic E-state index is 0. The van der Waals surface area contributed by atoms with Gasteiger partial charge < -0.3 is 15.4 Å². The summed E-state index contributed by atoms with van der Waals surface area (Å²) in [7, 11) is 1.86. The molecule has 2 fully saturated rings. The molecule has 0 spiro atoms. The van der Waals surface area contributed by atoms with Crippen LogP contribution in [0.25, 0.3) is 0 Å². The molecule has 2 saturated heterocycles. The summed E-state index contributed by atoms with van der Waals surface area (Å²) < 4.78 is 6.13. The van der Waals surface area contributed by atoms with Crippen LogP contribution in [0.5, 0.6) is 0 Å². The second kappa shape index (κ2) is 12.1. The smallest absolute Gasteiger partial charge is 0.191 e. The molecule has 164 valence electrons. The van der Waals surface area contributed by atoms with E-state index in [-0.39, 0.29) is 35.6 Å². The predicted molar refractivity (Wildman–Crippen MR) is 132 cm³/mol. The molecule has 29 heavy (non-hydrogen) atoms. The van der Waals surface area contributed by atoms with Crippen molar-refractivity contribution in [1.29, 1.82) is 0 Å². The van der Waals surface area contributed by atoms with Crippen LogP contribution in [0.2, 0.25) is 0 Å². The third-order valence-corrected chi connectivity index (χ3v) is 6.23. The Balaban J connectivity index is 0.00000300. The van der Waals surface area contributed by atoms with Crippen molar-refractivity contribution in [3.63, 3.8) is 0 Å². The van der Waals surface area contributed by atoms with Crippen LogP contribution in [0.1, 0.15) is 57.6 Å². The van der Waals surface area contributed by atoms with Crippen LogP contribution in [0.4, 0.5) is 0 Å². The van der Waals surface area contributed by atoms with Crippen molar-refractivity contribution in [3.8, 4) is 0 Å². The Morgan fingerprint density at radius 3 is 2.52 bits per heavy atom. The standard InChI is InChI=1S/C23H38N4O.HI/c1-23(2,27-14-8-5-9-15-27)18-26-22(24-3)25-17-20-13-10-16-28-21(20)19-11-6-4-7-12-19;/h4,6-7,11-12,20-21H,5,8-10,13-18H2,1-3H3,(H2,24,25,26);1H. The first-order valence-electron chi connectivity index (χ1n) is 11.0. The minimum absolute atomic E-state index is 0. The van der Waals surface area contributed by atoms with Gasteiger partial charge in [-0.15, -0.1) is 24.0 Å². The number of piperidine rings is 1. The highest BCUT2D eigenvalue weighted by Crippen LogP contribution is 2.33. The average molecular weight is 514 g/mol. The maximum Gasteiger partial charge on any atom is 0.191 e. The van der Waals surface area contributed by atoms with Crippen molar-refractivity contribution in [3.05, 3.63) is 35.9 Å². The fraction of sp³-hybridized carbons (Fsp3) is 0.696. The molecule has 0 aliphatic carbocycles. The van der Waals surface area contributed by atoms with Crippen LogP contribution in [-0.4, -0.2) is 56.2 Å². The molecule has 2 heterocycles. The van der Waals surface area contributed by atoms with Crippen molar-refractivity contribution in [2.45, 2.75) is 57.6 Å². The van der Waals surface area contributed by atoms with E-state index in [9.17, 15) is 0 Å². The number of ether oxygens (including phenoxy) is 1. The summed E-state index contributed by atoms with van der Waals surface area (Å²) in [6.07, 6.45) is 6.49. The summed E-state index contributed by atoms with van der Waals surface area (Å²) in [6.45, 7) is 9.71. The molecule has 0 saturated carbocycles. The average Bonchev–Trinajstić information content (AvgIpc) is 2.75. The number of nitrogens with one attached hydrogen (secondary N) is 2. The molecule has 1 aromatic rings. The number of halogens is 1. The maximum absolute atomic E-state index is 6.13. The molecule has 0 amide bonds. The van der Waals surface area contributed by atoms with Crippen LogP contribution in [-0.2, 0) is 4.74 Å². The van der Waals surface area contributed by atoms with Gasteiger partial charge in [0.2, 0.25) is 0 Å². The Hall–Kier alpha value is -0.860. The van der Waals surface area contributed by atoms with Gasteiger partial charge in [-0.05, 0) is 58.2 Å². The lowest BCUT2D eigenvalue weighted by molar-refractivity contribution is -0.0265. The molecule has 6 heteroatoms. The van der Waals surface area contributed by atoms with Crippen LogP contribution in [0.15, 0.2) is 35.3 Å². The number of guanidine groups is 1. The lowest BCUT2D eigenvalue weighted by Crippen LogP contribution is -2.55. The first-order valence-corrected chi connectivity index (χ1v) is 11.0. The van der Waals surface area contributed by atoms with Gasteiger partial charge >= 0.3 is 0 Å². The van der Waals surface area contributed by atoms with E-state index in [1.165, 1.54) is 44.3 Å². The first-order chi connectivity index (χ1) is 13.6. The van der Waals surface area contributed by atoms with E-state index in [2.05, 4.69) is 64.7 Å². The largest absolute Gasteiger partial charge is 0.373 e. The third kappa shape index (κ3) is 7.10. The van der Waals surface area contributed by atoms with E-state index in [1.807, 2.05) is 7.05 Å². The van der Waals surface area contributed by atoms with Gasteiger partial charge in [-0.3, -0.25) is 9.89 Å². The molecule has 2 aliphatic heterocycles. The highest BCUT2D eigenvalue weighted by atomic mass is 127. The predicted octanol–water partition coefficient (Wildman–Crippen LogP) is 4.20. The normalized spacial score (nSPS) is 23.9. The summed E-state index contributed by atoms with van der Waals surface area (Å²) in [5.74, 6) is 1.35. The van der Waals surface area contributed by atoms with Gasteiger partial charge in [-0.1, -0.05) is 36.8 Å². The van der Waals surface area contributed by atoms with E-state index in [1.54, 1.807) is 0 Å². The Kier molecular flexibility index (Phi) is 10.2. The Morgan fingerprint density at radius 2 is 1.83 bits per heavy atom. The van der Waals surface area contributed by atoms with Crippen molar-refractivity contribution in [2.75, 3.05) is 39.8 Å². The van der Waals surface area contributed by atoms with Crippen molar-refractivity contribution in [1.82, 2.24) is 15.5 Å². The number of hydrogen-bond donors (Lipinski definition) is 2. The SMILES string of the molecule is CN=C(NCC1CCCOC1c1ccccc1)NCC(C)(C)N1CCCCC1.I. The lowest BCUT2D eigenvalue weighted by Gasteiger charge is -2.41. The van der Waals surface area contributed by atoms with E-state index < -0.39 is 0 Å². The summed E-state index contributed by atoms with van der Waals surface area (Å²) >= 11 is 0. The molecule has 2 N–H and O–H groups in total. The van der Waals surface area contributed by atoms with Crippen molar-refractivity contribution < 1.29 is 4.74 Å². The monoisotopic (exact) mass is 514 g/mol. The maximum atomic E-state index is 6.13. The van der Waals surface area contributed by atoms with Crippen molar-refractivity contribution in [2.24, 2.45) is 10.9 Å². The number of rotatable bonds is 6. The minimum Gasteiger partial charge on any atom is -0.373 e. The molecule has 0 bridgehead atoms. The lowest BCUT2D eigenvalue weighted by atomic mass is 9.89. The zero-order chi connectivity index (χ0) is 19.8. The fourth-order valence-electron chi connectivity index (χ4n) is 4.42. The van der Waals surface area contributed by atoms with Gasteiger partial charge in [0, 0.05) is 38.2 Å². The first kappa shape index (κ1) is 24.4. The van der Waals surface area contributed by atoms with E-state index >= 15 is 0 Å². The molecule has 1 aromatic carbocycles. The molecule has 0 radical (unpaired) electrons. The summed E-state index contributed by atoms with van der Waals surface area (Å²) in [5.41, 5.74) is 1.42. The van der Waals surface area contributed by atoms with Gasteiger partial charge in [0.1, 0.15) is 0 Å². The number of hydrogen-bond acceptors (Lipinski definition) is 3. The van der Waals surface area contributed by atoms with Crippen LogP contribution < -0.4 is 10.6 Å². The zero-order valence-corrected chi connectivity index (χ0v) is 20.7. The quantitative estimate of drug-likeness (QED) is 0.340. The van der Waals surface area contributed by atoms with Crippen molar-refractivity contribution >= 4 is 29.9 Å². The Labute approximate surface area is 194 Å². The molecule has 3 rings (SSSR count). The van der Waals surface area contributed by atoms with E-state index in [0.717, 1.165) is 32.1 Å². The molecular weight excluding hydrogens is 475 g/mol. The van der Waals surface area contributed by atoms with Gasteiger partial charge in [-0.2, -0.15) is 0 Å². The van der Waals surface area contributed by atoms with Gasteiger partial charge in [0.05, 0.1) is 6.10 Å². The third-order valence-electron chi connectivity index (χ3n) is 6.23. The van der Waals surface area contributed by atoms with E-state index in [0.29, 0.717) is 5.92 Å². The molecule has 0 aromatic heterocycles. The number of benzene rings is 1. The summed E-state index contributed by atoms with van der Waals surface area (Å²) in [5, 5.41) is 7.11. The number of aliphatic imine (C=N–C) groups is 1. The van der Waals surface area contributed by atoms with Gasteiger partial charge in [-0.25, -0.2) is 0 Å². The van der Waals surface area contributed by atoms with Crippen LogP contribution in [0, 0.1) is 5.92 Å². The molecule has 2 unspecified atom stereocenters. The topological polar surface area (TPSA) is 48.9 Å². The fourth-order valence-corrected chi connectivity index (χ4v) is 4.42. The summed E-state index contributed by atoms with van der Waals surface area (Å²) in [4.78, 5) is 7.06. The Morgan fingerprint density at radius 1 is 1.10 bits per heavy atom. The summed E-state index contributed by atoms with van der Waals surface area (Å²) in [6, 6.07) is 10.6. The van der Waals surface area contributed by atoms with E-state index in [4.69, 9.17) is 4.74 Å². The van der Waals surface area contributed by atoms with Gasteiger partial charge in [0.25, 0.3) is 0 Å². The van der Waals surface area contributed by atoms with Crippen LogP contribution >= 0.6 is 24.0 Å². The highest BCUT2D eigenvalue weighted by Gasteiger charge is 2.29. The Bertz CT molecular complexity index is 617.